The van der Waals surface area contributed by atoms with Crippen LogP contribution in [0.5, 0.6) is 0 Å². The molecule has 3 N–H and O–H groups in total. The Morgan fingerprint density at radius 1 is 1.33 bits per heavy atom. The molecule has 0 fully saturated rings. The van der Waals surface area contributed by atoms with Crippen LogP contribution in [-0.2, 0) is 0 Å². The van der Waals surface area contributed by atoms with Crippen LogP contribution in [-0.4, -0.2) is 6.04 Å². The molecule has 2 rings (SSSR count). The molecule has 1 aliphatic rings. The van der Waals surface area contributed by atoms with Gasteiger partial charge in [0.2, 0.25) is 0 Å². The van der Waals surface area contributed by atoms with Crippen LogP contribution in [0.4, 0.5) is 11.4 Å². The van der Waals surface area contributed by atoms with Crippen molar-refractivity contribution >= 4 is 23.0 Å². The van der Waals surface area contributed by atoms with Gasteiger partial charge in [0, 0.05) is 6.04 Å². The third kappa shape index (κ3) is 2.45. The first-order chi connectivity index (χ1) is 7.27. The quantitative estimate of drug-likeness (QED) is 0.594. The van der Waals surface area contributed by atoms with Gasteiger partial charge in [-0.15, -0.1) is 0 Å². The molecule has 0 bridgehead atoms. The lowest BCUT2D eigenvalue weighted by molar-refractivity contribution is 0.645. The molecule has 2 nitrogen and oxygen atoms in total. The summed E-state index contributed by atoms with van der Waals surface area (Å²) in [5, 5.41) is 4.05. The van der Waals surface area contributed by atoms with E-state index in [1.54, 1.807) is 0 Å². The summed E-state index contributed by atoms with van der Waals surface area (Å²) in [4.78, 5) is 0. The Morgan fingerprint density at radius 2 is 2.20 bits per heavy atom. The van der Waals surface area contributed by atoms with Gasteiger partial charge in [-0.25, -0.2) is 0 Å². The fourth-order valence-corrected chi connectivity index (χ4v) is 1.98. The van der Waals surface area contributed by atoms with Crippen LogP contribution in [0.3, 0.4) is 0 Å². The second kappa shape index (κ2) is 4.58. The number of anilines is 2. The average molecular weight is 223 g/mol. The van der Waals surface area contributed by atoms with Gasteiger partial charge < -0.3 is 11.1 Å². The number of hydrogen-bond donors (Lipinski definition) is 2. The molecule has 0 amide bonds. The van der Waals surface area contributed by atoms with Crippen molar-refractivity contribution in [2.45, 2.75) is 25.3 Å². The molecule has 0 spiro atoms. The fraction of sp³-hybridized carbons (Fsp3) is 0.333. The van der Waals surface area contributed by atoms with E-state index in [0.29, 0.717) is 16.8 Å². The van der Waals surface area contributed by atoms with Crippen LogP contribution in [0, 0.1) is 0 Å². The molecule has 3 heteroatoms. The van der Waals surface area contributed by atoms with E-state index >= 15 is 0 Å². The zero-order chi connectivity index (χ0) is 10.7. The van der Waals surface area contributed by atoms with Crippen LogP contribution < -0.4 is 11.1 Å². The Bertz CT molecular complexity index is 374. The Kier molecular flexibility index (Phi) is 3.17. The summed E-state index contributed by atoms with van der Waals surface area (Å²) in [6, 6.07) is 6.18. The molecule has 0 aliphatic heterocycles. The van der Waals surface area contributed by atoms with E-state index in [0.717, 1.165) is 24.9 Å². The summed E-state index contributed by atoms with van der Waals surface area (Å²) in [5.74, 6) is 0. The van der Waals surface area contributed by atoms with E-state index < -0.39 is 0 Å². The van der Waals surface area contributed by atoms with Crippen molar-refractivity contribution in [2.75, 3.05) is 11.1 Å². The number of nitrogen functional groups attached to an aromatic ring is 1. The third-order valence-electron chi connectivity index (χ3n) is 2.68. The molecule has 1 aliphatic carbocycles. The Labute approximate surface area is 95.1 Å². The molecule has 80 valence electrons. The smallest absolute Gasteiger partial charge is 0.0739 e. The van der Waals surface area contributed by atoms with Crippen LogP contribution in [0.2, 0.25) is 5.02 Å². The van der Waals surface area contributed by atoms with E-state index in [9.17, 15) is 0 Å². The van der Waals surface area contributed by atoms with Crippen molar-refractivity contribution in [1.29, 1.82) is 0 Å². The van der Waals surface area contributed by atoms with Crippen molar-refractivity contribution < 1.29 is 0 Å². The van der Waals surface area contributed by atoms with Gasteiger partial charge in [-0.1, -0.05) is 29.8 Å². The van der Waals surface area contributed by atoms with Crippen molar-refractivity contribution in [3.63, 3.8) is 0 Å². The Hall–Kier alpha value is -1.15. The van der Waals surface area contributed by atoms with Crippen molar-refractivity contribution in [1.82, 2.24) is 0 Å². The Morgan fingerprint density at radius 3 is 2.93 bits per heavy atom. The van der Waals surface area contributed by atoms with Crippen LogP contribution in [0.1, 0.15) is 19.3 Å². The van der Waals surface area contributed by atoms with E-state index in [2.05, 4.69) is 17.5 Å². The number of nitrogens with two attached hydrogens (primary N) is 1. The topological polar surface area (TPSA) is 38.0 Å². The zero-order valence-electron chi connectivity index (χ0n) is 8.54. The lowest BCUT2D eigenvalue weighted by atomic mass is 10.0. The van der Waals surface area contributed by atoms with Gasteiger partial charge in [0.1, 0.15) is 0 Å². The maximum Gasteiger partial charge on any atom is 0.0739 e. The van der Waals surface area contributed by atoms with Crippen molar-refractivity contribution in [2.24, 2.45) is 0 Å². The highest BCUT2D eigenvalue weighted by atomic mass is 35.5. The van der Waals surface area contributed by atoms with Crippen LogP contribution in [0.25, 0.3) is 0 Å². The second-order valence-corrected chi connectivity index (χ2v) is 4.23. The molecular weight excluding hydrogens is 208 g/mol. The maximum absolute atomic E-state index is 5.95. The number of para-hydroxylation sites is 1. The number of rotatable bonds is 2. The molecule has 1 atom stereocenters. The SMILES string of the molecule is Nc1c(Cl)cccc1NC1CC=CCC1. The summed E-state index contributed by atoms with van der Waals surface area (Å²) in [6.07, 6.45) is 7.79. The minimum Gasteiger partial charge on any atom is -0.396 e. The van der Waals surface area contributed by atoms with Crippen LogP contribution >= 0.6 is 11.6 Å². The Balaban J connectivity index is 2.10. The van der Waals surface area contributed by atoms with Gasteiger partial charge in [-0.05, 0) is 31.4 Å². The number of hydrogen-bond acceptors (Lipinski definition) is 2. The fourth-order valence-electron chi connectivity index (χ4n) is 1.81. The predicted octanol–water partition coefficient (Wildman–Crippen LogP) is 3.44. The van der Waals surface area contributed by atoms with Crippen molar-refractivity contribution in [3.05, 3.63) is 35.4 Å². The van der Waals surface area contributed by atoms with E-state index in [-0.39, 0.29) is 0 Å². The minimum absolute atomic E-state index is 0.482. The van der Waals surface area contributed by atoms with E-state index in [1.165, 1.54) is 0 Å². The predicted molar refractivity (Wildman–Crippen MR) is 66.3 cm³/mol. The van der Waals surface area contributed by atoms with Gasteiger partial charge in [0.15, 0.2) is 0 Å². The molecule has 1 aromatic rings. The molecule has 1 aromatic carbocycles. The first-order valence-corrected chi connectivity index (χ1v) is 5.60. The van der Waals surface area contributed by atoms with Gasteiger partial charge in [-0.2, -0.15) is 0 Å². The summed E-state index contributed by atoms with van der Waals surface area (Å²) in [7, 11) is 0. The molecule has 0 aromatic heterocycles. The van der Waals surface area contributed by atoms with Crippen LogP contribution in [0.15, 0.2) is 30.4 Å². The normalized spacial score (nSPS) is 20.2. The molecule has 0 saturated heterocycles. The molecule has 0 saturated carbocycles. The molecule has 15 heavy (non-hydrogen) atoms. The number of nitrogens with one attached hydrogen (secondary N) is 1. The van der Waals surface area contributed by atoms with Gasteiger partial charge in [-0.3, -0.25) is 0 Å². The average Bonchev–Trinajstić information content (AvgIpc) is 2.26. The molecule has 0 heterocycles. The number of allylic oxidation sites excluding steroid dienone is 1. The maximum atomic E-state index is 5.95. The first kappa shape index (κ1) is 10.4. The lowest BCUT2D eigenvalue weighted by Crippen LogP contribution is -2.20. The monoisotopic (exact) mass is 222 g/mol. The molecular formula is C12H15ClN2. The van der Waals surface area contributed by atoms with Crippen molar-refractivity contribution in [3.8, 4) is 0 Å². The highest BCUT2D eigenvalue weighted by Gasteiger charge is 2.11. The summed E-state index contributed by atoms with van der Waals surface area (Å²) in [5.41, 5.74) is 7.48. The number of halogens is 1. The lowest BCUT2D eigenvalue weighted by Gasteiger charge is -2.21. The van der Waals surface area contributed by atoms with Gasteiger partial charge in [0.05, 0.1) is 16.4 Å². The minimum atomic E-state index is 0.482. The van der Waals surface area contributed by atoms with Gasteiger partial charge in [0.25, 0.3) is 0 Å². The number of benzene rings is 1. The highest BCUT2D eigenvalue weighted by Crippen LogP contribution is 2.28. The largest absolute Gasteiger partial charge is 0.396 e. The second-order valence-electron chi connectivity index (χ2n) is 3.83. The highest BCUT2D eigenvalue weighted by molar-refractivity contribution is 6.33. The molecule has 1 unspecified atom stereocenters. The summed E-state index contributed by atoms with van der Waals surface area (Å²) in [6.45, 7) is 0. The zero-order valence-corrected chi connectivity index (χ0v) is 9.30. The van der Waals surface area contributed by atoms with Gasteiger partial charge >= 0.3 is 0 Å². The summed E-state index contributed by atoms with van der Waals surface area (Å²) >= 11 is 5.95. The van der Waals surface area contributed by atoms with E-state index in [4.69, 9.17) is 17.3 Å². The standard InChI is InChI=1S/C12H15ClN2/c13-10-7-4-8-11(12(10)14)15-9-5-2-1-3-6-9/h1-2,4,7-9,15H,3,5-6,14H2. The summed E-state index contributed by atoms with van der Waals surface area (Å²) < 4.78 is 0. The first-order valence-electron chi connectivity index (χ1n) is 5.23. The molecule has 0 radical (unpaired) electrons. The van der Waals surface area contributed by atoms with E-state index in [1.807, 2.05) is 18.2 Å². The third-order valence-corrected chi connectivity index (χ3v) is 3.01.